The minimum Gasteiger partial charge on any atom is -0.325 e. The third-order valence-corrected chi connectivity index (χ3v) is 9.21. The molecule has 0 atom stereocenters. The first kappa shape index (κ1) is 28.4. The van der Waals surface area contributed by atoms with E-state index in [9.17, 15) is 21.6 Å². The molecule has 0 saturated carbocycles. The number of hydrogen-bond acceptors (Lipinski definition) is 5. The number of benzene rings is 4. The Hall–Kier alpha value is -3.57. The molecule has 0 spiro atoms. The first-order valence-corrected chi connectivity index (χ1v) is 15.2. The highest BCUT2D eigenvalue weighted by Gasteiger charge is 2.27. The fourth-order valence-electron chi connectivity index (χ4n) is 3.61. The average Bonchev–Trinajstić information content (AvgIpc) is 2.89. The Labute approximate surface area is 237 Å². The number of carbonyl (C=O) groups excluding carboxylic acids is 1. The number of aryl methyl sites for hydroxylation is 1. The number of hydrogen-bond donors (Lipinski definition) is 2. The van der Waals surface area contributed by atoms with E-state index in [0.29, 0.717) is 27.1 Å². The maximum atomic E-state index is 13.5. The summed E-state index contributed by atoms with van der Waals surface area (Å²) in [6, 6.07) is 24.1. The summed E-state index contributed by atoms with van der Waals surface area (Å²) >= 11 is 11.8. The van der Waals surface area contributed by atoms with Crippen molar-refractivity contribution in [2.24, 2.45) is 0 Å². The Balaban J connectivity index is 1.53. The summed E-state index contributed by atoms with van der Waals surface area (Å²) in [6.45, 7) is 1.29. The van der Waals surface area contributed by atoms with Crippen LogP contribution in [0.4, 0.5) is 17.1 Å². The van der Waals surface area contributed by atoms with Crippen LogP contribution in [0.1, 0.15) is 5.56 Å². The van der Waals surface area contributed by atoms with Crippen LogP contribution in [0.25, 0.3) is 0 Å². The van der Waals surface area contributed by atoms with Crippen molar-refractivity contribution in [2.45, 2.75) is 16.7 Å². The Kier molecular flexibility index (Phi) is 8.51. The van der Waals surface area contributed by atoms with Crippen LogP contribution in [-0.4, -0.2) is 29.3 Å². The summed E-state index contributed by atoms with van der Waals surface area (Å²) in [6.07, 6.45) is 0. The number of nitrogens with zero attached hydrogens (tertiary/aromatic N) is 1. The SMILES string of the molecule is Cc1cccc(N(CC(=O)Nc2ccc(S(=O)(=O)Nc3ccc(Cl)cc3)cc2)S(=O)(=O)c2ccc(Cl)cc2)c1. The number of nitrogens with one attached hydrogen (secondary N) is 2. The van der Waals surface area contributed by atoms with Crippen molar-refractivity contribution in [1.29, 1.82) is 0 Å². The third kappa shape index (κ3) is 7.10. The zero-order chi connectivity index (χ0) is 28.2. The molecule has 12 heteroatoms. The van der Waals surface area contributed by atoms with Gasteiger partial charge in [-0.2, -0.15) is 0 Å². The number of halogens is 2. The van der Waals surface area contributed by atoms with Crippen molar-refractivity contribution in [2.75, 3.05) is 20.9 Å². The molecule has 8 nitrogen and oxygen atoms in total. The average molecular weight is 605 g/mol. The van der Waals surface area contributed by atoms with Gasteiger partial charge in [-0.25, -0.2) is 16.8 Å². The third-order valence-electron chi connectivity index (χ3n) is 5.52. The molecule has 0 heterocycles. The second-order valence-electron chi connectivity index (χ2n) is 8.49. The van der Waals surface area contributed by atoms with E-state index >= 15 is 0 Å². The molecule has 202 valence electrons. The molecule has 0 aliphatic rings. The predicted molar refractivity (Wildman–Crippen MR) is 154 cm³/mol. The maximum Gasteiger partial charge on any atom is 0.264 e. The number of anilines is 3. The summed E-state index contributed by atoms with van der Waals surface area (Å²) in [5, 5.41) is 3.48. The lowest BCUT2D eigenvalue weighted by molar-refractivity contribution is -0.114. The van der Waals surface area contributed by atoms with E-state index in [1.807, 2.05) is 13.0 Å². The van der Waals surface area contributed by atoms with Crippen LogP contribution in [0.5, 0.6) is 0 Å². The van der Waals surface area contributed by atoms with Gasteiger partial charge in [-0.3, -0.25) is 13.8 Å². The van der Waals surface area contributed by atoms with Gasteiger partial charge in [0.1, 0.15) is 6.54 Å². The molecule has 4 aromatic carbocycles. The van der Waals surface area contributed by atoms with E-state index in [-0.39, 0.29) is 9.79 Å². The molecule has 0 unspecified atom stereocenters. The normalized spacial score (nSPS) is 11.6. The van der Waals surface area contributed by atoms with E-state index in [0.717, 1.165) is 9.87 Å². The van der Waals surface area contributed by atoms with Crippen molar-refractivity contribution in [3.8, 4) is 0 Å². The van der Waals surface area contributed by atoms with Gasteiger partial charge >= 0.3 is 0 Å². The van der Waals surface area contributed by atoms with Gasteiger partial charge in [0.2, 0.25) is 5.91 Å². The lowest BCUT2D eigenvalue weighted by Crippen LogP contribution is -2.38. The van der Waals surface area contributed by atoms with Crippen molar-refractivity contribution >= 4 is 66.2 Å². The first-order chi connectivity index (χ1) is 18.4. The Morgan fingerprint density at radius 2 is 1.28 bits per heavy atom. The van der Waals surface area contributed by atoms with Gasteiger partial charge in [-0.15, -0.1) is 0 Å². The Morgan fingerprint density at radius 3 is 1.87 bits per heavy atom. The molecule has 0 bridgehead atoms. The number of rotatable bonds is 9. The number of sulfonamides is 2. The molecule has 1 amide bonds. The van der Waals surface area contributed by atoms with Gasteiger partial charge in [0.15, 0.2) is 0 Å². The largest absolute Gasteiger partial charge is 0.325 e. The van der Waals surface area contributed by atoms with Gasteiger partial charge < -0.3 is 5.32 Å². The van der Waals surface area contributed by atoms with Gasteiger partial charge in [0.25, 0.3) is 20.0 Å². The molecule has 0 saturated heterocycles. The molecule has 0 aromatic heterocycles. The number of carbonyl (C=O) groups is 1. The minimum absolute atomic E-state index is 0.0241. The van der Waals surface area contributed by atoms with E-state index in [1.165, 1.54) is 60.7 Å². The molecule has 39 heavy (non-hydrogen) atoms. The smallest absolute Gasteiger partial charge is 0.264 e. The van der Waals surface area contributed by atoms with Crippen molar-refractivity contribution in [1.82, 2.24) is 0 Å². The summed E-state index contributed by atoms with van der Waals surface area (Å²) in [7, 11) is -8.00. The molecule has 0 fully saturated rings. The van der Waals surface area contributed by atoms with Crippen LogP contribution in [0.2, 0.25) is 10.0 Å². The molecule has 4 rings (SSSR count). The Morgan fingerprint density at radius 1 is 0.744 bits per heavy atom. The zero-order valence-electron chi connectivity index (χ0n) is 20.5. The molecular weight excluding hydrogens is 581 g/mol. The van der Waals surface area contributed by atoms with Crippen LogP contribution in [-0.2, 0) is 24.8 Å². The first-order valence-electron chi connectivity index (χ1n) is 11.5. The van der Waals surface area contributed by atoms with Gasteiger partial charge in [-0.05, 0) is 97.4 Å². The van der Waals surface area contributed by atoms with Gasteiger partial charge in [-0.1, -0.05) is 35.3 Å². The predicted octanol–water partition coefficient (Wildman–Crippen LogP) is 5.94. The second-order valence-corrected chi connectivity index (χ2v) is 12.9. The fourth-order valence-corrected chi connectivity index (χ4v) is 6.34. The molecule has 0 radical (unpaired) electrons. The zero-order valence-corrected chi connectivity index (χ0v) is 23.7. The molecule has 4 aromatic rings. The van der Waals surface area contributed by atoms with E-state index in [4.69, 9.17) is 23.2 Å². The summed E-state index contributed by atoms with van der Waals surface area (Å²) < 4.78 is 55.8. The van der Waals surface area contributed by atoms with Crippen molar-refractivity contribution < 1.29 is 21.6 Å². The second kappa shape index (κ2) is 11.7. The van der Waals surface area contributed by atoms with Gasteiger partial charge in [0.05, 0.1) is 15.5 Å². The van der Waals surface area contributed by atoms with Crippen LogP contribution < -0.4 is 14.3 Å². The lowest BCUT2D eigenvalue weighted by atomic mass is 10.2. The van der Waals surface area contributed by atoms with E-state index < -0.39 is 32.5 Å². The standard InChI is InChI=1S/C27H23Cl2N3O5S2/c1-19-3-2-4-24(17-19)32(39(36,37)26-13-7-21(29)8-14-26)18-27(33)30-22-11-15-25(16-12-22)38(34,35)31-23-9-5-20(28)6-10-23/h2-17,31H,18H2,1H3,(H,30,33). The quantitative estimate of drug-likeness (QED) is 0.246. The van der Waals surface area contributed by atoms with E-state index in [1.54, 1.807) is 30.3 Å². The molecule has 0 aliphatic carbocycles. The minimum atomic E-state index is -4.12. The van der Waals surface area contributed by atoms with Crippen LogP contribution in [0.15, 0.2) is 107 Å². The topological polar surface area (TPSA) is 113 Å². The molecule has 0 aliphatic heterocycles. The van der Waals surface area contributed by atoms with Gasteiger partial charge in [0, 0.05) is 21.4 Å². The van der Waals surface area contributed by atoms with Crippen LogP contribution in [0, 0.1) is 6.92 Å². The monoisotopic (exact) mass is 603 g/mol. The number of amides is 1. The lowest BCUT2D eigenvalue weighted by Gasteiger charge is -2.24. The van der Waals surface area contributed by atoms with E-state index in [2.05, 4.69) is 10.0 Å². The fraction of sp³-hybridized carbons (Fsp3) is 0.0741. The highest BCUT2D eigenvalue weighted by atomic mass is 35.5. The summed E-state index contributed by atoms with van der Waals surface area (Å²) in [5.74, 6) is -0.621. The highest BCUT2D eigenvalue weighted by molar-refractivity contribution is 7.93. The van der Waals surface area contributed by atoms with Crippen LogP contribution in [0.3, 0.4) is 0 Å². The summed E-state index contributed by atoms with van der Waals surface area (Å²) in [4.78, 5) is 12.9. The molecule has 2 N–H and O–H groups in total. The van der Waals surface area contributed by atoms with Crippen LogP contribution >= 0.6 is 23.2 Å². The van der Waals surface area contributed by atoms with Crippen molar-refractivity contribution in [3.63, 3.8) is 0 Å². The van der Waals surface area contributed by atoms with Crippen molar-refractivity contribution in [3.05, 3.63) is 113 Å². The summed E-state index contributed by atoms with van der Waals surface area (Å²) in [5.41, 5.74) is 1.76. The maximum absolute atomic E-state index is 13.5. The Bertz CT molecular complexity index is 1690. The molecular formula is C27H23Cl2N3O5S2. The highest BCUT2D eigenvalue weighted by Crippen LogP contribution is 2.26.